The van der Waals surface area contributed by atoms with E-state index >= 15 is 0 Å². The number of nitroso groups, excluding NO2 is 1. The molecule has 0 saturated carbocycles. The Hall–Kier alpha value is -2.60. The first-order valence-corrected chi connectivity index (χ1v) is 8.98. The van der Waals surface area contributed by atoms with Crippen molar-refractivity contribution in [1.29, 1.82) is 0 Å². The van der Waals surface area contributed by atoms with E-state index in [9.17, 15) is 4.91 Å². The third-order valence-electron chi connectivity index (χ3n) is 3.84. The van der Waals surface area contributed by atoms with Crippen LogP contribution in [0.25, 0.3) is 10.6 Å². The van der Waals surface area contributed by atoms with Crippen molar-refractivity contribution in [2.24, 2.45) is 11.1 Å². The smallest absolute Gasteiger partial charge is 0.132 e. The van der Waals surface area contributed by atoms with Crippen molar-refractivity contribution in [3.8, 4) is 10.6 Å². The predicted octanol–water partition coefficient (Wildman–Crippen LogP) is 5.72. The van der Waals surface area contributed by atoms with Gasteiger partial charge in [0.25, 0.3) is 0 Å². The van der Waals surface area contributed by atoms with Gasteiger partial charge in [-0.15, -0.1) is 11.3 Å². The van der Waals surface area contributed by atoms with Crippen molar-refractivity contribution < 1.29 is 0 Å². The van der Waals surface area contributed by atoms with Gasteiger partial charge >= 0.3 is 0 Å². The van der Waals surface area contributed by atoms with Crippen LogP contribution in [0.1, 0.15) is 30.3 Å². The molecule has 0 aliphatic heterocycles. The number of nitrogens with zero attached hydrogens (tertiary/aromatic N) is 3. The van der Waals surface area contributed by atoms with Crippen LogP contribution in [0.15, 0.2) is 53.8 Å². The van der Waals surface area contributed by atoms with Crippen LogP contribution in [0.3, 0.4) is 0 Å². The van der Waals surface area contributed by atoms with Gasteiger partial charge in [0.15, 0.2) is 0 Å². The number of aromatic nitrogens is 2. The lowest BCUT2D eigenvalue weighted by molar-refractivity contribution is 0.520. The number of hydrogen-bond acceptors (Lipinski definition) is 6. The number of thiophene rings is 1. The second kappa shape index (κ2) is 7.53. The molecule has 0 aliphatic carbocycles. The zero-order valence-corrected chi connectivity index (χ0v) is 15.2. The van der Waals surface area contributed by atoms with Crippen LogP contribution < -0.4 is 5.32 Å². The Kier molecular flexibility index (Phi) is 5.19. The second-order valence-electron chi connectivity index (χ2n) is 6.25. The fourth-order valence-electron chi connectivity index (χ4n) is 2.53. The molecule has 0 saturated heterocycles. The van der Waals surface area contributed by atoms with Gasteiger partial charge in [0.05, 0.1) is 10.6 Å². The number of anilines is 2. The van der Waals surface area contributed by atoms with E-state index in [1.807, 2.05) is 63.2 Å². The molecule has 25 heavy (non-hydrogen) atoms. The Morgan fingerprint density at radius 1 is 1.12 bits per heavy atom. The maximum absolute atomic E-state index is 11.1. The third kappa shape index (κ3) is 4.09. The molecule has 0 fully saturated rings. The summed E-state index contributed by atoms with van der Waals surface area (Å²) in [6, 6.07) is 13.4. The Balaban J connectivity index is 1.84. The van der Waals surface area contributed by atoms with Crippen molar-refractivity contribution in [2.75, 3.05) is 5.32 Å². The van der Waals surface area contributed by atoms with E-state index in [2.05, 4.69) is 20.5 Å². The van der Waals surface area contributed by atoms with E-state index < -0.39 is 0 Å². The van der Waals surface area contributed by atoms with Gasteiger partial charge in [0.2, 0.25) is 0 Å². The number of nitrogens with one attached hydrogen (secondary N) is 1. The molecule has 1 atom stereocenters. The molecule has 3 rings (SSSR count). The van der Waals surface area contributed by atoms with Crippen LogP contribution in [-0.2, 0) is 0 Å². The fraction of sp³-hybridized carbons (Fsp3) is 0.263. The van der Waals surface area contributed by atoms with Gasteiger partial charge in [0, 0.05) is 11.1 Å². The number of pyridine rings is 2. The van der Waals surface area contributed by atoms with E-state index in [0.29, 0.717) is 0 Å². The topological polar surface area (TPSA) is 67.2 Å². The summed E-state index contributed by atoms with van der Waals surface area (Å²) in [6.07, 6.45) is 1.77. The summed E-state index contributed by atoms with van der Waals surface area (Å²) in [5.74, 6) is 1.68. The lowest BCUT2D eigenvalue weighted by Crippen LogP contribution is -2.00. The van der Waals surface area contributed by atoms with Gasteiger partial charge in [-0.1, -0.05) is 25.1 Å². The maximum atomic E-state index is 11.1. The highest BCUT2D eigenvalue weighted by molar-refractivity contribution is 7.15. The summed E-state index contributed by atoms with van der Waals surface area (Å²) in [7, 11) is 0. The summed E-state index contributed by atoms with van der Waals surface area (Å²) in [4.78, 5) is 22.1. The lowest BCUT2D eigenvalue weighted by Gasteiger charge is -2.10. The molecule has 128 valence electrons. The summed E-state index contributed by atoms with van der Waals surface area (Å²) in [6.45, 7) is 6.03. The molecule has 1 unspecified atom stereocenters. The van der Waals surface area contributed by atoms with E-state index in [1.165, 1.54) is 0 Å². The summed E-state index contributed by atoms with van der Waals surface area (Å²) in [5.41, 5.74) is 2.00. The quantitative estimate of drug-likeness (QED) is 0.576. The first-order chi connectivity index (χ1) is 12.1. The predicted molar refractivity (Wildman–Crippen MR) is 103 cm³/mol. The molecular weight excluding hydrogens is 332 g/mol. The van der Waals surface area contributed by atoms with Crippen LogP contribution in [0.5, 0.6) is 0 Å². The lowest BCUT2D eigenvalue weighted by atomic mass is 10.0. The van der Waals surface area contributed by atoms with Gasteiger partial charge < -0.3 is 5.32 Å². The van der Waals surface area contributed by atoms with Gasteiger partial charge in [0.1, 0.15) is 17.7 Å². The number of aryl methyl sites for hydroxylation is 1. The molecule has 0 aromatic carbocycles. The molecule has 5 nitrogen and oxygen atoms in total. The molecule has 6 heteroatoms. The highest BCUT2D eigenvalue weighted by Gasteiger charge is 2.19. The minimum absolute atomic E-state index is 0.178. The van der Waals surface area contributed by atoms with E-state index in [1.54, 1.807) is 17.5 Å². The zero-order chi connectivity index (χ0) is 17.8. The maximum Gasteiger partial charge on any atom is 0.132 e. The van der Waals surface area contributed by atoms with Crippen LogP contribution >= 0.6 is 11.3 Å². The fourth-order valence-corrected chi connectivity index (χ4v) is 3.71. The zero-order valence-electron chi connectivity index (χ0n) is 14.4. The molecular formula is C19H20N4OS. The van der Waals surface area contributed by atoms with Crippen LogP contribution in [0.4, 0.5) is 11.6 Å². The monoisotopic (exact) mass is 352 g/mol. The van der Waals surface area contributed by atoms with E-state index in [-0.39, 0.29) is 12.0 Å². The Morgan fingerprint density at radius 3 is 2.68 bits per heavy atom. The van der Waals surface area contributed by atoms with Gasteiger partial charge in [-0.3, -0.25) is 0 Å². The number of rotatable bonds is 6. The van der Waals surface area contributed by atoms with E-state index in [4.69, 9.17) is 0 Å². The molecule has 0 spiro atoms. The van der Waals surface area contributed by atoms with Crippen molar-refractivity contribution >= 4 is 23.0 Å². The average Bonchev–Trinajstić information content (AvgIpc) is 3.05. The Labute approximate surface area is 151 Å². The SMILES string of the molecule is Cc1ccnc(Nc2cccc(-c3ccc(C(N=O)C(C)C)s3)n2)c1. The Morgan fingerprint density at radius 2 is 1.96 bits per heavy atom. The molecule has 3 aromatic rings. The van der Waals surface area contributed by atoms with Crippen molar-refractivity contribution in [1.82, 2.24) is 9.97 Å². The van der Waals surface area contributed by atoms with Gasteiger partial charge in [-0.05, 0) is 54.8 Å². The highest BCUT2D eigenvalue weighted by Crippen LogP contribution is 2.35. The molecule has 0 bridgehead atoms. The van der Waals surface area contributed by atoms with E-state index in [0.717, 1.165) is 32.6 Å². The van der Waals surface area contributed by atoms with Crippen molar-refractivity contribution in [3.05, 3.63) is 64.0 Å². The van der Waals surface area contributed by atoms with Crippen LogP contribution in [0.2, 0.25) is 0 Å². The van der Waals surface area contributed by atoms with Crippen LogP contribution in [-0.4, -0.2) is 9.97 Å². The van der Waals surface area contributed by atoms with Gasteiger partial charge in [-0.25, -0.2) is 9.97 Å². The third-order valence-corrected chi connectivity index (χ3v) is 5.01. The first-order valence-electron chi connectivity index (χ1n) is 8.16. The molecule has 0 amide bonds. The molecule has 3 heterocycles. The minimum Gasteiger partial charge on any atom is -0.325 e. The normalized spacial score (nSPS) is 12.2. The molecule has 0 radical (unpaired) electrons. The number of hydrogen-bond donors (Lipinski definition) is 1. The summed E-state index contributed by atoms with van der Waals surface area (Å²) >= 11 is 1.56. The second-order valence-corrected chi connectivity index (χ2v) is 7.36. The van der Waals surface area contributed by atoms with Crippen molar-refractivity contribution in [3.63, 3.8) is 0 Å². The summed E-state index contributed by atoms with van der Waals surface area (Å²) in [5, 5.41) is 6.49. The van der Waals surface area contributed by atoms with Gasteiger partial charge in [-0.2, -0.15) is 4.91 Å². The first kappa shape index (κ1) is 17.2. The largest absolute Gasteiger partial charge is 0.325 e. The summed E-state index contributed by atoms with van der Waals surface area (Å²) < 4.78 is 0. The molecule has 3 aromatic heterocycles. The highest BCUT2D eigenvalue weighted by atomic mass is 32.1. The Bertz CT molecular complexity index is 875. The molecule has 1 N–H and O–H groups in total. The van der Waals surface area contributed by atoms with Crippen LogP contribution in [0, 0.1) is 17.7 Å². The minimum atomic E-state index is -0.309. The van der Waals surface area contributed by atoms with Crippen molar-refractivity contribution in [2.45, 2.75) is 26.8 Å². The molecule has 0 aliphatic rings. The average molecular weight is 352 g/mol. The standard InChI is InChI=1S/C19H20N4OS/c1-12(2)19(23-24)16-8-7-15(25-16)14-5-4-6-17(21-14)22-18-11-13(3)9-10-20-18/h4-12,19H,1-3H3,(H,20,21,22).